The van der Waals surface area contributed by atoms with E-state index in [4.69, 9.17) is 9.15 Å². The Bertz CT molecular complexity index is 773. The number of anilines is 1. The minimum Gasteiger partial charge on any atom is -0.472 e. The van der Waals surface area contributed by atoms with Crippen molar-refractivity contribution in [3.63, 3.8) is 0 Å². The molecule has 3 aromatic rings. The molecule has 2 aromatic heterocycles. The van der Waals surface area contributed by atoms with Crippen LogP contribution < -0.4 is 4.90 Å². The molecule has 1 unspecified atom stereocenters. The second-order valence-electron chi connectivity index (χ2n) is 5.53. The molecule has 1 fully saturated rings. The van der Waals surface area contributed by atoms with Gasteiger partial charge in [-0.15, -0.1) is 0 Å². The van der Waals surface area contributed by atoms with Gasteiger partial charge in [-0.3, -0.25) is 9.69 Å². The zero-order chi connectivity index (χ0) is 15.6. The Kier molecular flexibility index (Phi) is 3.85. The predicted octanol–water partition coefficient (Wildman–Crippen LogP) is 3.72. The molecule has 1 amide bonds. The molecule has 1 aliphatic rings. The molecular weight excluding hydrogens is 312 g/mol. The van der Waals surface area contributed by atoms with Gasteiger partial charge in [0.2, 0.25) is 0 Å². The molecule has 0 N–H and O–H groups in total. The zero-order valence-electron chi connectivity index (χ0n) is 12.5. The highest BCUT2D eigenvalue weighted by molar-refractivity contribution is 7.22. The highest BCUT2D eigenvalue weighted by atomic mass is 32.1. The zero-order valence-corrected chi connectivity index (χ0v) is 13.3. The summed E-state index contributed by atoms with van der Waals surface area (Å²) in [5, 5.41) is 0.702. The third-order valence-corrected chi connectivity index (χ3v) is 5.00. The van der Waals surface area contributed by atoms with Crippen molar-refractivity contribution >= 4 is 32.6 Å². The summed E-state index contributed by atoms with van der Waals surface area (Å²) in [6.07, 6.45) is 5.06. The molecular formula is C17H16N2O3S. The average molecular weight is 328 g/mol. The van der Waals surface area contributed by atoms with Gasteiger partial charge in [0.25, 0.3) is 5.91 Å². The standard InChI is InChI=1S/C17H16N2O3S/c20-16(12-7-9-21-11-12)19(10-13-4-3-8-22-13)17-18-14-5-1-2-6-15(14)23-17/h1-2,5-7,9,11,13H,3-4,8,10H2. The molecule has 3 heterocycles. The van der Waals surface area contributed by atoms with Crippen LogP contribution in [0.3, 0.4) is 0 Å². The Labute approximate surface area is 137 Å². The van der Waals surface area contributed by atoms with E-state index in [1.807, 2.05) is 24.3 Å². The van der Waals surface area contributed by atoms with Gasteiger partial charge in [0.05, 0.1) is 34.7 Å². The summed E-state index contributed by atoms with van der Waals surface area (Å²) in [5.41, 5.74) is 1.44. The fourth-order valence-electron chi connectivity index (χ4n) is 2.76. The van der Waals surface area contributed by atoms with E-state index in [0.29, 0.717) is 17.2 Å². The van der Waals surface area contributed by atoms with Gasteiger partial charge in [0.15, 0.2) is 5.13 Å². The number of carbonyl (C=O) groups is 1. The number of fused-ring (bicyclic) bond motifs is 1. The SMILES string of the molecule is O=C(c1ccoc1)N(CC1CCCO1)c1nc2ccccc2s1. The Morgan fingerprint density at radius 1 is 1.35 bits per heavy atom. The van der Waals surface area contributed by atoms with Gasteiger partial charge in [-0.2, -0.15) is 0 Å². The van der Waals surface area contributed by atoms with Gasteiger partial charge in [0, 0.05) is 6.61 Å². The number of nitrogens with zero attached hydrogens (tertiary/aromatic N) is 2. The fraction of sp³-hybridized carbons (Fsp3) is 0.294. The quantitative estimate of drug-likeness (QED) is 0.732. The number of ether oxygens (including phenoxy) is 1. The largest absolute Gasteiger partial charge is 0.472 e. The van der Waals surface area contributed by atoms with E-state index in [1.165, 1.54) is 23.9 Å². The van der Waals surface area contributed by atoms with E-state index >= 15 is 0 Å². The van der Waals surface area contributed by atoms with Crippen molar-refractivity contribution in [1.29, 1.82) is 0 Å². The molecule has 0 spiro atoms. The van der Waals surface area contributed by atoms with E-state index in [1.54, 1.807) is 11.0 Å². The van der Waals surface area contributed by atoms with Crippen LogP contribution in [-0.4, -0.2) is 30.1 Å². The molecule has 23 heavy (non-hydrogen) atoms. The van der Waals surface area contributed by atoms with Crippen LogP contribution in [0.25, 0.3) is 10.2 Å². The number of rotatable bonds is 4. The van der Waals surface area contributed by atoms with Crippen LogP contribution >= 0.6 is 11.3 Å². The van der Waals surface area contributed by atoms with Crippen molar-refractivity contribution in [2.24, 2.45) is 0 Å². The minimum absolute atomic E-state index is 0.0675. The maximum absolute atomic E-state index is 12.8. The molecule has 0 bridgehead atoms. The minimum atomic E-state index is -0.103. The van der Waals surface area contributed by atoms with Crippen molar-refractivity contribution in [3.05, 3.63) is 48.4 Å². The van der Waals surface area contributed by atoms with E-state index in [0.717, 1.165) is 29.7 Å². The maximum atomic E-state index is 12.8. The molecule has 6 heteroatoms. The van der Waals surface area contributed by atoms with E-state index in [-0.39, 0.29) is 12.0 Å². The van der Waals surface area contributed by atoms with Crippen LogP contribution in [-0.2, 0) is 4.74 Å². The lowest BCUT2D eigenvalue weighted by Crippen LogP contribution is -2.37. The summed E-state index contributed by atoms with van der Waals surface area (Å²) in [4.78, 5) is 19.2. The summed E-state index contributed by atoms with van der Waals surface area (Å²) in [6.45, 7) is 1.28. The number of thiazole rings is 1. The number of carbonyl (C=O) groups excluding carboxylic acids is 1. The van der Waals surface area contributed by atoms with Gasteiger partial charge in [-0.25, -0.2) is 4.98 Å². The smallest absolute Gasteiger partial charge is 0.263 e. The molecule has 5 nitrogen and oxygen atoms in total. The normalized spacial score (nSPS) is 17.7. The van der Waals surface area contributed by atoms with Gasteiger partial charge in [-0.05, 0) is 31.0 Å². The second-order valence-corrected chi connectivity index (χ2v) is 6.54. The maximum Gasteiger partial charge on any atom is 0.263 e. The summed E-state index contributed by atoms with van der Waals surface area (Å²) in [7, 11) is 0. The van der Waals surface area contributed by atoms with Crippen molar-refractivity contribution in [3.8, 4) is 0 Å². The molecule has 1 aliphatic heterocycles. The van der Waals surface area contributed by atoms with E-state index in [2.05, 4.69) is 4.98 Å². The number of furan rings is 1. The Balaban J connectivity index is 1.69. The highest BCUT2D eigenvalue weighted by Gasteiger charge is 2.27. The van der Waals surface area contributed by atoms with Gasteiger partial charge >= 0.3 is 0 Å². The monoisotopic (exact) mass is 328 g/mol. The third-order valence-electron chi connectivity index (χ3n) is 3.94. The van der Waals surface area contributed by atoms with E-state index in [9.17, 15) is 4.79 Å². The van der Waals surface area contributed by atoms with Crippen LogP contribution in [0.2, 0.25) is 0 Å². The number of benzene rings is 1. The summed E-state index contributed by atoms with van der Waals surface area (Å²) < 4.78 is 11.8. The van der Waals surface area contributed by atoms with Crippen LogP contribution in [0.1, 0.15) is 23.2 Å². The lowest BCUT2D eigenvalue weighted by molar-refractivity contribution is 0.0917. The Morgan fingerprint density at radius 2 is 2.26 bits per heavy atom. The molecule has 4 rings (SSSR count). The summed E-state index contributed by atoms with van der Waals surface area (Å²) in [6, 6.07) is 9.59. The lowest BCUT2D eigenvalue weighted by Gasteiger charge is -2.22. The van der Waals surface area contributed by atoms with Crippen molar-refractivity contribution in [2.45, 2.75) is 18.9 Å². The topological polar surface area (TPSA) is 55.6 Å². The van der Waals surface area contributed by atoms with Crippen molar-refractivity contribution in [2.75, 3.05) is 18.1 Å². The average Bonchev–Trinajstić information content (AvgIpc) is 3.32. The highest BCUT2D eigenvalue weighted by Crippen LogP contribution is 2.30. The van der Waals surface area contributed by atoms with Crippen LogP contribution in [0, 0.1) is 0 Å². The molecule has 0 radical (unpaired) electrons. The van der Waals surface area contributed by atoms with Crippen LogP contribution in [0.5, 0.6) is 0 Å². The number of hydrogen-bond donors (Lipinski definition) is 0. The Morgan fingerprint density at radius 3 is 3.00 bits per heavy atom. The number of para-hydroxylation sites is 1. The van der Waals surface area contributed by atoms with Crippen molar-refractivity contribution < 1.29 is 13.9 Å². The first-order valence-corrected chi connectivity index (χ1v) is 8.44. The molecule has 0 saturated carbocycles. The first kappa shape index (κ1) is 14.4. The first-order valence-electron chi connectivity index (χ1n) is 7.62. The fourth-order valence-corrected chi connectivity index (χ4v) is 3.73. The molecule has 1 aromatic carbocycles. The van der Waals surface area contributed by atoms with Crippen LogP contribution in [0.4, 0.5) is 5.13 Å². The van der Waals surface area contributed by atoms with Gasteiger partial charge in [0.1, 0.15) is 6.26 Å². The number of aromatic nitrogens is 1. The lowest BCUT2D eigenvalue weighted by atomic mass is 10.2. The number of amides is 1. The summed E-state index contributed by atoms with van der Waals surface area (Å²) >= 11 is 1.52. The second kappa shape index (κ2) is 6.14. The van der Waals surface area contributed by atoms with Crippen LogP contribution in [0.15, 0.2) is 47.3 Å². The molecule has 0 aliphatic carbocycles. The van der Waals surface area contributed by atoms with Gasteiger partial charge < -0.3 is 9.15 Å². The van der Waals surface area contributed by atoms with Gasteiger partial charge in [-0.1, -0.05) is 23.5 Å². The summed E-state index contributed by atoms with van der Waals surface area (Å²) in [5.74, 6) is -0.103. The van der Waals surface area contributed by atoms with E-state index < -0.39 is 0 Å². The predicted molar refractivity (Wildman–Crippen MR) is 89.0 cm³/mol. The first-order chi connectivity index (χ1) is 11.3. The molecule has 1 saturated heterocycles. The number of hydrogen-bond acceptors (Lipinski definition) is 5. The molecule has 118 valence electrons. The molecule has 1 atom stereocenters. The van der Waals surface area contributed by atoms with Crippen molar-refractivity contribution in [1.82, 2.24) is 4.98 Å². The Hall–Kier alpha value is -2.18. The third kappa shape index (κ3) is 2.87.